The first-order valence-electron chi connectivity index (χ1n) is 8.18. The average Bonchev–Trinajstić information content (AvgIpc) is 2.59. The molecule has 2 aromatic carbocycles. The lowest BCUT2D eigenvalue weighted by Crippen LogP contribution is -2.08. The monoisotopic (exact) mass is 325 g/mol. The molecule has 4 nitrogen and oxygen atoms in total. The number of carbonyl (C=O) groups is 1. The van der Waals surface area contributed by atoms with Gasteiger partial charge in [-0.25, -0.2) is 0 Å². The summed E-state index contributed by atoms with van der Waals surface area (Å²) in [6.45, 7) is 2.84. The van der Waals surface area contributed by atoms with Gasteiger partial charge in [-0.15, -0.1) is 0 Å². The van der Waals surface area contributed by atoms with Crippen molar-refractivity contribution in [3.8, 4) is 11.5 Å². The normalized spacial score (nSPS) is 10.7. The topological polar surface area (TPSA) is 58.6 Å². The minimum Gasteiger partial charge on any atom is -0.508 e. The fourth-order valence-electron chi connectivity index (χ4n) is 2.15. The third-order valence-electron chi connectivity index (χ3n) is 3.44. The largest absolute Gasteiger partial charge is 0.508 e. The van der Waals surface area contributed by atoms with Crippen LogP contribution in [0.1, 0.15) is 31.7 Å². The number of unbranched alkanes of at least 4 members (excludes halogenated alkanes) is 2. The van der Waals surface area contributed by atoms with Crippen LogP contribution in [0.25, 0.3) is 6.08 Å². The molecule has 0 bridgehead atoms. The van der Waals surface area contributed by atoms with E-state index >= 15 is 0 Å². The number of benzene rings is 2. The van der Waals surface area contributed by atoms with Crippen LogP contribution in [-0.2, 0) is 4.79 Å². The van der Waals surface area contributed by atoms with Crippen LogP contribution in [0, 0.1) is 0 Å². The Morgan fingerprint density at radius 1 is 1.17 bits per heavy atom. The summed E-state index contributed by atoms with van der Waals surface area (Å²) in [7, 11) is 0. The average molecular weight is 325 g/mol. The fraction of sp³-hybridized carbons (Fsp3) is 0.250. The fourth-order valence-corrected chi connectivity index (χ4v) is 2.15. The molecule has 0 saturated carbocycles. The molecule has 126 valence electrons. The van der Waals surface area contributed by atoms with E-state index in [2.05, 4.69) is 12.2 Å². The van der Waals surface area contributed by atoms with E-state index in [1.165, 1.54) is 6.08 Å². The van der Waals surface area contributed by atoms with Crippen molar-refractivity contribution in [1.29, 1.82) is 0 Å². The first kappa shape index (κ1) is 17.6. The third-order valence-corrected chi connectivity index (χ3v) is 3.44. The molecule has 2 rings (SSSR count). The van der Waals surface area contributed by atoms with E-state index in [9.17, 15) is 9.90 Å². The second kappa shape index (κ2) is 9.40. The maximum atomic E-state index is 12.0. The Balaban J connectivity index is 1.88. The van der Waals surface area contributed by atoms with Gasteiger partial charge in [0, 0.05) is 17.8 Å². The van der Waals surface area contributed by atoms with Gasteiger partial charge in [0.15, 0.2) is 0 Å². The number of anilines is 1. The van der Waals surface area contributed by atoms with Gasteiger partial charge in [-0.2, -0.15) is 0 Å². The highest BCUT2D eigenvalue weighted by molar-refractivity contribution is 6.02. The standard InChI is InChI=1S/C20H23NO3/c1-2-3-4-14-24-19-7-5-6-17(15-19)21-20(23)13-10-16-8-11-18(22)12-9-16/h5-13,15,22H,2-4,14H2,1H3,(H,21,23)/b13-10+. The van der Waals surface area contributed by atoms with Gasteiger partial charge in [0.2, 0.25) is 5.91 Å². The minimum absolute atomic E-state index is 0.201. The maximum absolute atomic E-state index is 12.0. The highest BCUT2D eigenvalue weighted by Crippen LogP contribution is 2.18. The van der Waals surface area contributed by atoms with E-state index in [1.807, 2.05) is 24.3 Å². The number of amides is 1. The number of hydrogen-bond donors (Lipinski definition) is 2. The number of aromatic hydroxyl groups is 1. The van der Waals surface area contributed by atoms with Crippen LogP contribution in [0.5, 0.6) is 11.5 Å². The van der Waals surface area contributed by atoms with Gasteiger partial charge in [0.1, 0.15) is 11.5 Å². The molecule has 0 spiro atoms. The first-order valence-corrected chi connectivity index (χ1v) is 8.18. The highest BCUT2D eigenvalue weighted by atomic mass is 16.5. The summed E-state index contributed by atoms with van der Waals surface area (Å²) in [5, 5.41) is 12.0. The predicted octanol–water partition coefficient (Wildman–Crippen LogP) is 4.61. The number of rotatable bonds is 8. The van der Waals surface area contributed by atoms with Gasteiger partial charge in [0.25, 0.3) is 0 Å². The zero-order valence-corrected chi connectivity index (χ0v) is 13.9. The van der Waals surface area contributed by atoms with Gasteiger partial charge in [0.05, 0.1) is 6.61 Å². The van der Waals surface area contributed by atoms with Crippen LogP contribution in [0.2, 0.25) is 0 Å². The second-order valence-corrected chi connectivity index (χ2v) is 5.50. The molecule has 2 aromatic rings. The van der Waals surface area contributed by atoms with Crippen LogP contribution in [0.3, 0.4) is 0 Å². The van der Waals surface area contributed by atoms with Gasteiger partial charge in [-0.1, -0.05) is 38.0 Å². The second-order valence-electron chi connectivity index (χ2n) is 5.50. The Morgan fingerprint density at radius 3 is 2.71 bits per heavy atom. The molecule has 4 heteroatoms. The zero-order chi connectivity index (χ0) is 17.2. The van der Waals surface area contributed by atoms with Crippen LogP contribution < -0.4 is 10.1 Å². The Bertz CT molecular complexity index is 678. The minimum atomic E-state index is -0.216. The summed E-state index contributed by atoms with van der Waals surface area (Å²) in [6, 6.07) is 14.0. The molecule has 2 N–H and O–H groups in total. The maximum Gasteiger partial charge on any atom is 0.248 e. The summed E-state index contributed by atoms with van der Waals surface area (Å²) in [5.74, 6) is 0.741. The van der Waals surface area contributed by atoms with E-state index in [-0.39, 0.29) is 11.7 Å². The Morgan fingerprint density at radius 2 is 1.96 bits per heavy atom. The molecule has 0 radical (unpaired) electrons. The van der Waals surface area contributed by atoms with Crippen LogP contribution in [0.4, 0.5) is 5.69 Å². The summed E-state index contributed by atoms with van der Waals surface area (Å²) in [5.41, 5.74) is 1.54. The van der Waals surface area contributed by atoms with Crippen molar-refractivity contribution < 1.29 is 14.6 Å². The predicted molar refractivity (Wildman–Crippen MR) is 97.2 cm³/mol. The number of carbonyl (C=O) groups excluding carboxylic acids is 1. The van der Waals surface area contributed by atoms with Gasteiger partial charge in [-0.05, 0) is 42.3 Å². The molecule has 0 aliphatic carbocycles. The van der Waals surface area contributed by atoms with Crippen LogP contribution in [-0.4, -0.2) is 17.6 Å². The van der Waals surface area contributed by atoms with E-state index in [1.54, 1.807) is 30.3 Å². The molecule has 0 saturated heterocycles. The Kier molecular flexibility index (Phi) is 6.90. The van der Waals surface area contributed by atoms with Crippen molar-refractivity contribution in [2.24, 2.45) is 0 Å². The van der Waals surface area contributed by atoms with E-state index in [0.29, 0.717) is 12.3 Å². The number of ether oxygens (including phenoxy) is 1. The number of phenols is 1. The number of hydrogen-bond acceptors (Lipinski definition) is 3. The van der Waals surface area contributed by atoms with Crippen molar-refractivity contribution in [3.63, 3.8) is 0 Å². The summed E-state index contributed by atoms with van der Waals surface area (Å²) in [6.07, 6.45) is 6.49. The van der Waals surface area contributed by atoms with Gasteiger partial charge >= 0.3 is 0 Å². The molecular formula is C20H23NO3. The smallest absolute Gasteiger partial charge is 0.248 e. The quantitative estimate of drug-likeness (QED) is 0.550. The van der Waals surface area contributed by atoms with Crippen molar-refractivity contribution >= 4 is 17.7 Å². The molecule has 0 fully saturated rings. The summed E-state index contributed by atoms with van der Waals surface area (Å²) in [4.78, 5) is 12.0. The van der Waals surface area contributed by atoms with Crippen molar-refractivity contribution in [2.45, 2.75) is 26.2 Å². The molecule has 0 atom stereocenters. The Labute approximate surface area is 142 Å². The molecule has 0 heterocycles. The van der Waals surface area contributed by atoms with E-state index in [0.717, 1.165) is 30.6 Å². The van der Waals surface area contributed by atoms with Crippen LogP contribution >= 0.6 is 0 Å². The lowest BCUT2D eigenvalue weighted by molar-refractivity contribution is -0.111. The molecule has 1 amide bonds. The Hall–Kier alpha value is -2.75. The SMILES string of the molecule is CCCCCOc1cccc(NC(=O)/C=C/c2ccc(O)cc2)c1. The molecule has 0 aliphatic rings. The van der Waals surface area contributed by atoms with Crippen molar-refractivity contribution in [1.82, 2.24) is 0 Å². The van der Waals surface area contributed by atoms with Gasteiger partial charge in [-0.3, -0.25) is 4.79 Å². The first-order chi connectivity index (χ1) is 11.7. The zero-order valence-electron chi connectivity index (χ0n) is 13.9. The molecule has 0 unspecified atom stereocenters. The lowest BCUT2D eigenvalue weighted by atomic mass is 10.2. The summed E-state index contributed by atoms with van der Waals surface area (Å²) < 4.78 is 5.68. The van der Waals surface area contributed by atoms with Crippen molar-refractivity contribution in [3.05, 3.63) is 60.2 Å². The lowest BCUT2D eigenvalue weighted by Gasteiger charge is -2.08. The summed E-state index contributed by atoms with van der Waals surface area (Å²) >= 11 is 0. The number of phenolic OH excluding ortho intramolecular Hbond substituents is 1. The van der Waals surface area contributed by atoms with Crippen LogP contribution in [0.15, 0.2) is 54.6 Å². The van der Waals surface area contributed by atoms with Gasteiger partial charge < -0.3 is 15.2 Å². The van der Waals surface area contributed by atoms with E-state index < -0.39 is 0 Å². The molecule has 0 aliphatic heterocycles. The molecule has 24 heavy (non-hydrogen) atoms. The molecular weight excluding hydrogens is 302 g/mol. The third kappa shape index (κ3) is 6.16. The molecule has 0 aromatic heterocycles. The van der Waals surface area contributed by atoms with E-state index in [4.69, 9.17) is 4.74 Å². The number of nitrogens with one attached hydrogen (secondary N) is 1. The highest BCUT2D eigenvalue weighted by Gasteiger charge is 2.00. The van der Waals surface area contributed by atoms with Crippen molar-refractivity contribution in [2.75, 3.05) is 11.9 Å².